The van der Waals surface area contributed by atoms with Crippen LogP contribution in [0.1, 0.15) is 50.6 Å². The van der Waals surface area contributed by atoms with E-state index in [1.54, 1.807) is 42.7 Å². The molecule has 0 spiro atoms. The van der Waals surface area contributed by atoms with Crippen molar-refractivity contribution >= 4 is 29.8 Å². The Morgan fingerprint density at radius 1 is 0.738 bits per heavy atom. The van der Waals surface area contributed by atoms with E-state index in [0.29, 0.717) is 55.6 Å². The topological polar surface area (TPSA) is 119 Å². The van der Waals surface area contributed by atoms with Crippen molar-refractivity contribution in [3.05, 3.63) is 143 Å². The molecule has 4 atom stereocenters. The van der Waals surface area contributed by atoms with E-state index >= 15 is 0 Å². The van der Waals surface area contributed by atoms with Gasteiger partial charge in [0.15, 0.2) is 18.4 Å². The van der Waals surface area contributed by atoms with Crippen LogP contribution in [0.3, 0.4) is 0 Å². The average molecular weight is 829 g/mol. The van der Waals surface area contributed by atoms with Crippen molar-refractivity contribution < 1.29 is 37.7 Å². The molecule has 0 unspecified atom stereocenters. The van der Waals surface area contributed by atoms with Crippen LogP contribution in [0.15, 0.2) is 114 Å². The number of esters is 2. The number of morpholine rings is 2. The lowest BCUT2D eigenvalue weighted by atomic mass is 10.0. The number of hydrazine groups is 1. The number of hydrogen-bond acceptors (Lipinski definition) is 12. The maximum Gasteiger partial charge on any atom is 0.338 e. The second kappa shape index (κ2) is 18.4. The number of hydrogen-bond donors (Lipinski definition) is 1. The van der Waals surface area contributed by atoms with Gasteiger partial charge >= 0.3 is 11.9 Å². The minimum Gasteiger partial charge on any atom is -0.452 e. The second-order valence-corrected chi connectivity index (χ2v) is 15.8. The molecule has 0 aliphatic carbocycles. The average Bonchev–Trinajstić information content (AvgIpc) is 3.81. The van der Waals surface area contributed by atoms with Crippen molar-refractivity contribution in [2.45, 2.75) is 51.1 Å². The third-order valence-corrected chi connectivity index (χ3v) is 11.5. The molecular formula is C47H49FN6O7. The van der Waals surface area contributed by atoms with E-state index in [-0.39, 0.29) is 5.82 Å². The van der Waals surface area contributed by atoms with Crippen LogP contribution >= 0.6 is 0 Å². The van der Waals surface area contributed by atoms with Gasteiger partial charge in [0.25, 0.3) is 0 Å². The molecular weight excluding hydrogens is 780 g/mol. The summed E-state index contributed by atoms with van der Waals surface area (Å²) in [5, 5.41) is 1.82. The number of rotatable bonds is 12. The first-order valence-corrected chi connectivity index (χ1v) is 20.8. The van der Waals surface area contributed by atoms with Gasteiger partial charge in [-0.15, -0.1) is 0 Å². The molecule has 61 heavy (non-hydrogen) atoms. The summed E-state index contributed by atoms with van der Waals surface area (Å²) in [6.45, 7) is 9.96. The van der Waals surface area contributed by atoms with Gasteiger partial charge in [-0.1, -0.05) is 54.6 Å². The standard InChI is InChI=1S/C47H49FN6O7/c1-32-42(60-46(55)36-11-7-33(8-12-36)27-51-19-23-57-24-20-51)43(61-47(56)37-13-9-34(10-14-37)28-52-21-25-58-26-22-52)45(59-32)54-30-40(35-5-3-2-4-6-35)41-29-53(31-49-44(41)54)50-39-17-15-38(48)16-18-39/h2-18,30-32,42-43,45,50H,19-29H2,1H3/t32-,42-,43-,45-/m1/s1. The van der Waals surface area contributed by atoms with Crippen LogP contribution in [-0.2, 0) is 43.3 Å². The molecule has 316 valence electrons. The fourth-order valence-electron chi connectivity index (χ4n) is 8.24. The van der Waals surface area contributed by atoms with E-state index in [2.05, 4.69) is 15.2 Å². The summed E-state index contributed by atoms with van der Waals surface area (Å²) >= 11 is 0. The summed E-state index contributed by atoms with van der Waals surface area (Å²) in [6.07, 6.45) is 0.0336. The molecule has 4 aliphatic rings. The van der Waals surface area contributed by atoms with Gasteiger partial charge in [0.1, 0.15) is 18.0 Å². The predicted molar refractivity (Wildman–Crippen MR) is 227 cm³/mol. The van der Waals surface area contributed by atoms with E-state index in [1.165, 1.54) is 12.1 Å². The van der Waals surface area contributed by atoms with Crippen LogP contribution in [0, 0.1) is 5.82 Å². The number of carbonyl (C=O) groups is 2. The van der Waals surface area contributed by atoms with E-state index in [4.69, 9.17) is 28.7 Å². The molecule has 5 heterocycles. The van der Waals surface area contributed by atoms with Crippen LogP contribution in [-0.4, -0.2) is 109 Å². The molecule has 3 fully saturated rings. The zero-order valence-corrected chi connectivity index (χ0v) is 34.0. The maximum atomic E-state index is 14.1. The maximum absolute atomic E-state index is 14.1. The van der Waals surface area contributed by atoms with Gasteiger partial charge in [0, 0.05) is 56.6 Å². The third-order valence-electron chi connectivity index (χ3n) is 11.5. The number of carbonyl (C=O) groups excluding carboxylic acids is 2. The molecule has 0 amide bonds. The van der Waals surface area contributed by atoms with Gasteiger partial charge in [0.05, 0.1) is 55.9 Å². The lowest BCUT2D eigenvalue weighted by molar-refractivity contribution is -0.0483. The van der Waals surface area contributed by atoms with Gasteiger partial charge in [-0.3, -0.25) is 20.2 Å². The highest BCUT2D eigenvalue weighted by Gasteiger charge is 2.50. The minimum atomic E-state index is -1.05. The molecule has 13 nitrogen and oxygen atoms in total. The number of benzene rings is 4. The Bertz CT molecular complexity index is 2310. The van der Waals surface area contributed by atoms with Gasteiger partial charge in [0.2, 0.25) is 0 Å². The minimum absolute atomic E-state index is 0.327. The Morgan fingerprint density at radius 2 is 1.30 bits per heavy atom. The number of anilines is 1. The summed E-state index contributed by atoms with van der Waals surface area (Å²) in [5.74, 6) is -0.842. The Kier molecular flexibility index (Phi) is 12.2. The molecule has 1 aromatic heterocycles. The molecule has 0 bridgehead atoms. The van der Waals surface area contributed by atoms with Crippen molar-refractivity contribution in [3.63, 3.8) is 0 Å². The summed E-state index contributed by atoms with van der Waals surface area (Å²) in [5.41, 5.74) is 9.63. The first kappa shape index (κ1) is 40.5. The van der Waals surface area contributed by atoms with Crippen molar-refractivity contribution in [1.82, 2.24) is 19.4 Å². The van der Waals surface area contributed by atoms with Crippen molar-refractivity contribution in [1.29, 1.82) is 0 Å². The first-order chi connectivity index (χ1) is 29.8. The van der Waals surface area contributed by atoms with Crippen molar-refractivity contribution in [2.24, 2.45) is 4.99 Å². The quantitative estimate of drug-likeness (QED) is 0.133. The van der Waals surface area contributed by atoms with E-state index in [9.17, 15) is 14.0 Å². The van der Waals surface area contributed by atoms with Crippen molar-refractivity contribution in [3.8, 4) is 11.1 Å². The Hall–Kier alpha value is -5.90. The van der Waals surface area contributed by atoms with Crippen LogP contribution in [0.2, 0.25) is 0 Å². The van der Waals surface area contributed by atoms with Crippen LogP contribution in [0.4, 0.5) is 15.9 Å². The van der Waals surface area contributed by atoms with Crippen LogP contribution < -0.4 is 5.43 Å². The zero-order valence-electron chi connectivity index (χ0n) is 34.0. The highest BCUT2D eigenvalue weighted by Crippen LogP contribution is 2.43. The van der Waals surface area contributed by atoms with Gasteiger partial charge < -0.3 is 28.3 Å². The van der Waals surface area contributed by atoms with E-state index in [1.807, 2.05) is 77.3 Å². The Morgan fingerprint density at radius 3 is 1.87 bits per heavy atom. The van der Waals surface area contributed by atoms with Crippen LogP contribution in [0.5, 0.6) is 0 Å². The smallest absolute Gasteiger partial charge is 0.338 e. The highest BCUT2D eigenvalue weighted by atomic mass is 19.1. The number of aromatic nitrogens is 1. The van der Waals surface area contributed by atoms with Gasteiger partial charge in [-0.25, -0.2) is 19.0 Å². The van der Waals surface area contributed by atoms with E-state index in [0.717, 1.165) is 67.1 Å². The number of halogens is 1. The summed E-state index contributed by atoms with van der Waals surface area (Å²) < 4.78 is 45.8. The van der Waals surface area contributed by atoms with Gasteiger partial charge in [-0.05, 0) is 72.1 Å². The SMILES string of the molecule is C[C@H]1O[C@@H](n2cc(-c3ccccc3)c3c2N=CN(Nc2ccc(F)cc2)C3)[C@H](OC(=O)c2ccc(CN3CCOCC3)cc2)[C@@H]1OC(=O)c1ccc(CN2CCOCC2)cc1. The molecule has 4 aliphatic heterocycles. The number of ether oxygens (including phenoxy) is 5. The first-order valence-electron chi connectivity index (χ1n) is 20.8. The predicted octanol–water partition coefficient (Wildman–Crippen LogP) is 6.83. The van der Waals surface area contributed by atoms with Crippen molar-refractivity contribution in [2.75, 3.05) is 58.0 Å². The summed E-state index contributed by atoms with van der Waals surface area (Å²) in [6, 6.07) is 30.9. The molecule has 14 heteroatoms. The van der Waals surface area contributed by atoms with Crippen LogP contribution in [0.25, 0.3) is 11.1 Å². The number of aliphatic imine (C=N–C) groups is 1. The number of nitrogens with zero attached hydrogens (tertiary/aromatic N) is 5. The Balaban J connectivity index is 1.00. The normalized spacial score (nSPS) is 21.8. The Labute approximate surface area is 354 Å². The lowest BCUT2D eigenvalue weighted by Gasteiger charge is -2.28. The fourth-order valence-corrected chi connectivity index (χ4v) is 8.24. The zero-order chi connectivity index (χ0) is 41.7. The van der Waals surface area contributed by atoms with E-state index < -0.39 is 36.5 Å². The monoisotopic (exact) mass is 828 g/mol. The largest absolute Gasteiger partial charge is 0.452 e. The molecule has 1 N–H and O–H groups in total. The lowest BCUT2D eigenvalue weighted by Crippen LogP contribution is -2.39. The molecule has 3 saturated heterocycles. The highest BCUT2D eigenvalue weighted by molar-refractivity contribution is 5.90. The molecule has 0 saturated carbocycles. The fraction of sp³-hybridized carbons (Fsp3) is 0.340. The number of nitrogens with one attached hydrogen (secondary N) is 1. The molecule has 5 aromatic rings. The number of fused-ring (bicyclic) bond motifs is 1. The summed E-state index contributed by atoms with van der Waals surface area (Å²) in [4.78, 5) is 37.5. The molecule has 0 radical (unpaired) electrons. The third kappa shape index (κ3) is 9.38. The molecule has 4 aromatic carbocycles. The summed E-state index contributed by atoms with van der Waals surface area (Å²) in [7, 11) is 0. The molecule has 9 rings (SSSR count). The van der Waals surface area contributed by atoms with Gasteiger partial charge in [-0.2, -0.15) is 0 Å². The second-order valence-electron chi connectivity index (χ2n) is 15.8.